The zero-order valence-corrected chi connectivity index (χ0v) is 16.6. The Balaban J connectivity index is 1.92. The molecule has 0 aliphatic heterocycles. The van der Waals surface area contributed by atoms with E-state index in [2.05, 4.69) is 48.2 Å². The molecule has 0 aliphatic rings. The summed E-state index contributed by atoms with van der Waals surface area (Å²) in [5, 5.41) is 4.67. The van der Waals surface area contributed by atoms with Crippen molar-refractivity contribution in [2.75, 3.05) is 0 Å². The first-order valence-electron chi connectivity index (χ1n) is 6.66. The van der Waals surface area contributed by atoms with Crippen molar-refractivity contribution < 1.29 is 0 Å². The van der Waals surface area contributed by atoms with E-state index in [4.69, 9.17) is 0 Å². The molecule has 1 aromatic carbocycles. The fraction of sp³-hybridized carbons (Fsp3) is 0.200. The quantitative estimate of drug-likeness (QED) is 0.659. The third-order valence-corrected chi connectivity index (χ3v) is 7.04. The van der Waals surface area contributed by atoms with Gasteiger partial charge in [0.2, 0.25) is 0 Å². The minimum atomic E-state index is 0.776. The summed E-state index contributed by atoms with van der Waals surface area (Å²) in [6.45, 7) is 4.34. The van der Waals surface area contributed by atoms with E-state index in [1.165, 1.54) is 43.3 Å². The van der Waals surface area contributed by atoms with Crippen LogP contribution in [0.25, 0.3) is 5.69 Å². The van der Waals surface area contributed by atoms with E-state index in [1.54, 1.807) is 0 Å². The third kappa shape index (κ3) is 3.13. The summed E-state index contributed by atoms with van der Waals surface area (Å²) in [6.07, 6.45) is 2.62. The minimum absolute atomic E-state index is 0.776. The molecule has 0 bridgehead atoms. The number of aryl methyl sites for hydroxylation is 2. The van der Waals surface area contributed by atoms with Gasteiger partial charge in [-0.25, -0.2) is 0 Å². The monoisotopic (exact) mass is 370 g/mol. The molecule has 0 saturated carbocycles. The molecule has 0 aliphatic carbocycles. The zero-order valence-electron chi connectivity index (χ0n) is 12.0. The van der Waals surface area contributed by atoms with Gasteiger partial charge in [0.25, 0.3) is 0 Å². The Kier molecular flexibility index (Phi) is 4.58. The van der Waals surface area contributed by atoms with Crippen molar-refractivity contribution in [1.29, 1.82) is 0 Å². The van der Waals surface area contributed by atoms with Crippen molar-refractivity contribution in [2.45, 2.75) is 25.2 Å². The van der Waals surface area contributed by atoms with E-state index < -0.39 is 0 Å². The van der Waals surface area contributed by atoms with Crippen LogP contribution in [0, 0.1) is 13.8 Å². The molecular weight excluding hydrogens is 356 g/mol. The summed E-state index contributed by atoms with van der Waals surface area (Å²) in [7, 11) is 1.90. The second kappa shape index (κ2) is 6.44. The number of hydrogen-bond donors (Lipinski definition) is 0. The molecule has 0 unspecified atom stereocenters. The van der Waals surface area contributed by atoms with Gasteiger partial charge >= 0.3 is 142 Å². The van der Waals surface area contributed by atoms with Gasteiger partial charge in [-0.15, -0.1) is 0 Å². The average Bonchev–Trinajstić information content (AvgIpc) is 3.03. The Hall–Kier alpha value is -0.954. The molecule has 0 atom stereocenters. The molecule has 0 N–H and O–H groups in total. The average molecular weight is 371 g/mol. The summed E-state index contributed by atoms with van der Waals surface area (Å²) in [5.41, 5.74) is 2.45. The van der Waals surface area contributed by atoms with Crippen molar-refractivity contribution in [3.05, 3.63) is 57.8 Å². The number of thiophene rings is 1. The third-order valence-electron chi connectivity index (χ3n) is 3.29. The molecule has 21 heavy (non-hydrogen) atoms. The van der Waals surface area contributed by atoms with Crippen LogP contribution in [0.1, 0.15) is 21.1 Å². The summed E-state index contributed by atoms with van der Waals surface area (Å²) >= 11 is 3.03. The van der Waals surface area contributed by atoms with Crippen LogP contribution in [-0.4, -0.2) is 32.1 Å². The van der Waals surface area contributed by atoms with Crippen LogP contribution >= 0.6 is 21.0 Å². The molecule has 3 aromatic rings. The fourth-order valence-electron chi connectivity index (χ4n) is 2.35. The fourth-order valence-corrected chi connectivity index (χ4v) is 7.13. The number of nitrogens with zero attached hydrogens (tertiary/aromatic N) is 3. The maximum atomic E-state index is 4.67. The van der Waals surface area contributed by atoms with Gasteiger partial charge < -0.3 is 0 Å². The molecule has 0 saturated heterocycles. The van der Waals surface area contributed by atoms with E-state index in [9.17, 15) is 0 Å². The summed E-state index contributed by atoms with van der Waals surface area (Å²) < 4.78 is 1.94. The molecule has 0 spiro atoms. The van der Waals surface area contributed by atoms with E-state index in [1.807, 2.05) is 38.1 Å². The predicted octanol–water partition coefficient (Wildman–Crippen LogP) is 3.44. The molecule has 0 fully saturated rings. The van der Waals surface area contributed by atoms with Gasteiger partial charge in [0.05, 0.1) is 0 Å². The molecule has 3 rings (SSSR count). The number of benzene rings is 1. The number of aromatic nitrogens is 3. The first-order chi connectivity index (χ1) is 10.2. The predicted molar refractivity (Wildman–Crippen MR) is 91.0 cm³/mol. The number of rotatable bonds is 4. The molecule has 6 heteroatoms. The Labute approximate surface area is 141 Å². The first kappa shape index (κ1) is 15.0. The van der Waals surface area contributed by atoms with Gasteiger partial charge in [-0.2, -0.15) is 0 Å². The SMILES string of the molecule is Cc1sc(C)c(-n2cnc(Cc3ccccc3)n2)c1[S][GaH]. The molecule has 1 radical (unpaired) electrons. The standard InChI is InChI=1S/C15H15N3S2.Ga.H/c1-10-14(15(19)11(2)20-10)18-9-16-13(17-18)8-12-6-4-3-5-7-12;;/h3-7,9,19H,8H2,1-2H3;;/q;+1;/p-1. The molecule has 2 heterocycles. The summed E-state index contributed by atoms with van der Waals surface area (Å²) in [4.78, 5) is 8.51. The van der Waals surface area contributed by atoms with Crippen molar-refractivity contribution in [3.63, 3.8) is 0 Å². The van der Waals surface area contributed by atoms with E-state index in [-0.39, 0.29) is 0 Å². The van der Waals surface area contributed by atoms with Crippen LogP contribution in [0.15, 0.2) is 41.6 Å². The molecule has 2 aromatic heterocycles. The molecule has 0 amide bonds. The van der Waals surface area contributed by atoms with E-state index >= 15 is 0 Å². The number of hydrogen-bond acceptors (Lipinski definition) is 4. The molecule has 3 nitrogen and oxygen atoms in total. The van der Waals surface area contributed by atoms with Gasteiger partial charge in [0.15, 0.2) is 0 Å². The van der Waals surface area contributed by atoms with Crippen LogP contribution in [0.5, 0.6) is 0 Å². The van der Waals surface area contributed by atoms with Crippen LogP contribution in [0.2, 0.25) is 0 Å². The van der Waals surface area contributed by atoms with Crippen LogP contribution in [-0.2, 0) is 6.42 Å². The topological polar surface area (TPSA) is 30.7 Å². The molecular formula is C15H15GaN3S2. The van der Waals surface area contributed by atoms with Crippen LogP contribution in [0.4, 0.5) is 0 Å². The van der Waals surface area contributed by atoms with Crippen molar-refractivity contribution in [2.24, 2.45) is 0 Å². The summed E-state index contributed by atoms with van der Waals surface area (Å²) in [5.74, 6) is 0.868. The van der Waals surface area contributed by atoms with Gasteiger partial charge in [0.1, 0.15) is 0 Å². The van der Waals surface area contributed by atoms with Crippen molar-refractivity contribution in [3.8, 4) is 5.69 Å². The van der Waals surface area contributed by atoms with E-state index in [0.717, 1.165) is 12.2 Å². The van der Waals surface area contributed by atoms with Crippen LogP contribution in [0.3, 0.4) is 0 Å². The van der Waals surface area contributed by atoms with Gasteiger partial charge in [-0.05, 0) is 0 Å². The zero-order chi connectivity index (χ0) is 14.8. The Morgan fingerprint density at radius 2 is 1.95 bits per heavy atom. The van der Waals surface area contributed by atoms with Crippen molar-refractivity contribution >= 4 is 38.4 Å². The second-order valence-electron chi connectivity index (χ2n) is 4.80. The van der Waals surface area contributed by atoms with Crippen LogP contribution < -0.4 is 0 Å². The Morgan fingerprint density at radius 3 is 2.67 bits per heavy atom. The van der Waals surface area contributed by atoms with Crippen molar-refractivity contribution in [1.82, 2.24) is 14.8 Å². The maximum absolute atomic E-state index is 4.67. The van der Waals surface area contributed by atoms with E-state index in [0.29, 0.717) is 0 Å². The van der Waals surface area contributed by atoms with Gasteiger partial charge in [-0.3, -0.25) is 0 Å². The first-order valence-corrected chi connectivity index (χ1v) is 12.1. The summed E-state index contributed by atoms with van der Waals surface area (Å²) in [6, 6.07) is 10.3. The van der Waals surface area contributed by atoms with Gasteiger partial charge in [-0.1, -0.05) is 0 Å². The normalized spacial score (nSPS) is 11.0. The Morgan fingerprint density at radius 1 is 1.19 bits per heavy atom. The molecule has 105 valence electrons. The van der Waals surface area contributed by atoms with Gasteiger partial charge in [0, 0.05) is 0 Å². The second-order valence-corrected chi connectivity index (χ2v) is 8.75. The Bertz CT molecular complexity index is 750.